The van der Waals surface area contributed by atoms with E-state index in [9.17, 15) is 8.42 Å². The van der Waals surface area contributed by atoms with E-state index in [1.54, 1.807) is 7.05 Å². The summed E-state index contributed by atoms with van der Waals surface area (Å²) < 4.78 is 22.6. The Balaban J connectivity index is 3.90. The van der Waals surface area contributed by atoms with Crippen molar-refractivity contribution >= 4 is 21.8 Å². The molecule has 56 valence electrons. The number of hydrogen-bond acceptors (Lipinski definition) is 3. The van der Waals surface area contributed by atoms with Gasteiger partial charge in [0.2, 0.25) is 10.0 Å². The van der Waals surface area contributed by atoms with Crippen molar-refractivity contribution in [2.75, 3.05) is 25.4 Å². The van der Waals surface area contributed by atoms with Crippen molar-refractivity contribution < 1.29 is 8.42 Å². The van der Waals surface area contributed by atoms with Gasteiger partial charge in [-0.2, -0.15) is 4.31 Å². The van der Waals surface area contributed by atoms with Crippen LogP contribution in [0.25, 0.3) is 0 Å². The summed E-state index contributed by atoms with van der Waals surface area (Å²) in [7, 11) is -1.39. The molecule has 0 aromatic rings. The molecule has 0 aliphatic heterocycles. The molecule has 0 fully saturated rings. The second-order valence-electron chi connectivity index (χ2n) is 1.78. The fourth-order valence-corrected chi connectivity index (χ4v) is 1.72. The second kappa shape index (κ2) is 3.43. The smallest absolute Gasteiger partial charge is 0.211 e. The predicted octanol–water partition coefficient (Wildman–Crippen LogP) is 0.198. The zero-order chi connectivity index (χ0) is 7.49. The molecule has 0 unspecified atom stereocenters. The first-order valence-electron chi connectivity index (χ1n) is 2.38. The van der Waals surface area contributed by atoms with E-state index >= 15 is 0 Å². The highest BCUT2D eigenvalue weighted by atomic mass is 32.2. The summed E-state index contributed by atoms with van der Waals surface area (Å²) in [5, 5.41) is 0. The third-order valence-corrected chi connectivity index (χ3v) is 2.95. The van der Waals surface area contributed by atoms with Gasteiger partial charge < -0.3 is 0 Å². The summed E-state index contributed by atoms with van der Waals surface area (Å²) in [5.74, 6) is 0.527. The summed E-state index contributed by atoms with van der Waals surface area (Å²) in [4.78, 5) is 0. The largest absolute Gasteiger partial charge is 0.212 e. The molecule has 0 amide bonds. The Bertz CT molecular complexity index is 163. The Labute approximate surface area is 60.5 Å². The Morgan fingerprint density at radius 1 is 1.56 bits per heavy atom. The van der Waals surface area contributed by atoms with E-state index in [4.69, 9.17) is 0 Å². The normalized spacial score (nSPS) is 12.4. The van der Waals surface area contributed by atoms with Gasteiger partial charge in [-0.1, -0.05) is 0 Å². The maximum Gasteiger partial charge on any atom is 0.211 e. The van der Waals surface area contributed by atoms with E-state index in [2.05, 4.69) is 0 Å². The average molecular weight is 169 g/mol. The maximum absolute atomic E-state index is 10.6. The van der Waals surface area contributed by atoms with Gasteiger partial charge in [0.25, 0.3) is 0 Å². The van der Waals surface area contributed by atoms with Crippen molar-refractivity contribution in [2.24, 2.45) is 0 Å². The van der Waals surface area contributed by atoms with Gasteiger partial charge in [0.1, 0.15) is 0 Å². The third-order valence-electron chi connectivity index (χ3n) is 0.877. The lowest BCUT2D eigenvalue weighted by atomic mass is 11.2. The Morgan fingerprint density at radius 2 is 2.00 bits per heavy atom. The van der Waals surface area contributed by atoms with Crippen LogP contribution in [0.5, 0.6) is 0 Å². The van der Waals surface area contributed by atoms with Gasteiger partial charge in [0.15, 0.2) is 0 Å². The molecule has 3 nitrogen and oxygen atoms in total. The first kappa shape index (κ1) is 9.26. The number of nitrogens with zero attached hydrogens (tertiary/aromatic N) is 1. The lowest BCUT2D eigenvalue weighted by Crippen LogP contribution is -2.24. The highest BCUT2D eigenvalue weighted by Crippen LogP contribution is 1.99. The molecule has 0 aromatic carbocycles. The van der Waals surface area contributed by atoms with Gasteiger partial charge >= 0.3 is 0 Å². The van der Waals surface area contributed by atoms with Gasteiger partial charge in [-0.15, -0.1) is 11.8 Å². The summed E-state index contributed by atoms with van der Waals surface area (Å²) in [6.07, 6.45) is 3.06. The molecule has 0 radical (unpaired) electrons. The Hall–Kier alpha value is 0.260. The van der Waals surface area contributed by atoms with Gasteiger partial charge in [0.05, 0.1) is 12.1 Å². The van der Waals surface area contributed by atoms with Crippen LogP contribution in [0.15, 0.2) is 0 Å². The first-order valence-corrected chi connectivity index (χ1v) is 5.63. The monoisotopic (exact) mass is 169 g/mol. The Kier molecular flexibility index (Phi) is 3.53. The van der Waals surface area contributed by atoms with Gasteiger partial charge in [-0.25, -0.2) is 8.42 Å². The molecule has 0 saturated heterocycles. The van der Waals surface area contributed by atoms with E-state index in [1.807, 2.05) is 6.26 Å². The summed E-state index contributed by atoms with van der Waals surface area (Å²) in [6, 6.07) is 0. The van der Waals surface area contributed by atoms with Crippen LogP contribution in [0.3, 0.4) is 0 Å². The van der Waals surface area contributed by atoms with E-state index in [0.717, 1.165) is 0 Å². The van der Waals surface area contributed by atoms with Crippen molar-refractivity contribution in [3.8, 4) is 0 Å². The molecular formula is C4H11NO2S2. The zero-order valence-corrected chi connectivity index (χ0v) is 7.42. The fraction of sp³-hybridized carbons (Fsp3) is 1.00. The quantitative estimate of drug-likeness (QED) is 0.566. The molecule has 5 heteroatoms. The molecule has 0 atom stereocenters. The van der Waals surface area contributed by atoms with E-state index < -0.39 is 10.0 Å². The minimum Gasteiger partial charge on any atom is -0.212 e. The van der Waals surface area contributed by atoms with Crippen LogP contribution in [-0.2, 0) is 10.0 Å². The minimum absolute atomic E-state index is 0.527. The van der Waals surface area contributed by atoms with Crippen molar-refractivity contribution in [3.63, 3.8) is 0 Å². The fourth-order valence-electron chi connectivity index (χ4n) is 0.278. The van der Waals surface area contributed by atoms with Gasteiger partial charge in [-0.05, 0) is 6.26 Å². The summed E-state index contributed by atoms with van der Waals surface area (Å²) >= 11 is 1.48. The molecule has 9 heavy (non-hydrogen) atoms. The molecule has 0 spiro atoms. The van der Waals surface area contributed by atoms with Gasteiger partial charge in [-0.3, -0.25) is 0 Å². The predicted molar refractivity (Wildman–Crippen MR) is 41.0 cm³/mol. The molecule has 0 heterocycles. The van der Waals surface area contributed by atoms with Crippen molar-refractivity contribution in [3.05, 3.63) is 0 Å². The summed E-state index contributed by atoms with van der Waals surface area (Å²) in [6.45, 7) is 0. The zero-order valence-electron chi connectivity index (χ0n) is 5.79. The molecule has 0 bridgehead atoms. The highest BCUT2D eigenvalue weighted by Gasteiger charge is 2.07. The molecule has 0 saturated carbocycles. The van der Waals surface area contributed by atoms with Crippen molar-refractivity contribution in [1.29, 1.82) is 0 Å². The van der Waals surface area contributed by atoms with Gasteiger partial charge in [0, 0.05) is 7.05 Å². The maximum atomic E-state index is 10.6. The van der Waals surface area contributed by atoms with Crippen LogP contribution >= 0.6 is 11.8 Å². The van der Waals surface area contributed by atoms with Crippen molar-refractivity contribution in [2.45, 2.75) is 0 Å². The molecular weight excluding hydrogens is 158 g/mol. The van der Waals surface area contributed by atoms with E-state index in [0.29, 0.717) is 5.88 Å². The number of thioether (sulfide) groups is 1. The van der Waals surface area contributed by atoms with Crippen LogP contribution in [-0.4, -0.2) is 38.2 Å². The highest BCUT2D eigenvalue weighted by molar-refractivity contribution is 7.99. The SMILES string of the molecule is CSCN(C)S(C)(=O)=O. The van der Waals surface area contributed by atoms with Crippen molar-refractivity contribution in [1.82, 2.24) is 4.31 Å². The van der Waals surface area contributed by atoms with Crippen LogP contribution in [0.1, 0.15) is 0 Å². The standard InChI is InChI=1S/C4H11NO2S2/c1-5(4-8-2)9(3,6)7/h4H2,1-3H3. The number of rotatable bonds is 3. The third kappa shape index (κ3) is 3.77. The number of sulfonamides is 1. The topological polar surface area (TPSA) is 37.4 Å². The summed E-state index contributed by atoms with van der Waals surface area (Å²) in [5.41, 5.74) is 0. The molecule has 0 aromatic heterocycles. The van der Waals surface area contributed by atoms with Crippen LogP contribution in [0.2, 0.25) is 0 Å². The van der Waals surface area contributed by atoms with E-state index in [1.165, 1.54) is 22.3 Å². The van der Waals surface area contributed by atoms with Crippen LogP contribution in [0, 0.1) is 0 Å². The Morgan fingerprint density at radius 3 is 2.11 bits per heavy atom. The molecule has 0 aliphatic carbocycles. The molecule has 0 N–H and O–H groups in total. The lowest BCUT2D eigenvalue weighted by molar-refractivity contribution is 0.519. The second-order valence-corrected chi connectivity index (χ2v) is 4.70. The molecule has 0 aliphatic rings. The van der Waals surface area contributed by atoms with E-state index in [-0.39, 0.29) is 0 Å². The average Bonchev–Trinajstić information content (AvgIpc) is 1.64. The minimum atomic E-state index is -2.95. The lowest BCUT2D eigenvalue weighted by Gasteiger charge is -2.10. The number of hydrogen-bond donors (Lipinski definition) is 0. The molecule has 0 rings (SSSR count). The first-order chi connectivity index (χ1) is 3.98. The van der Waals surface area contributed by atoms with Crippen LogP contribution < -0.4 is 0 Å². The van der Waals surface area contributed by atoms with Crippen LogP contribution in [0.4, 0.5) is 0 Å².